The van der Waals surface area contributed by atoms with Gasteiger partial charge in [0.25, 0.3) is 0 Å². The Morgan fingerprint density at radius 2 is 1.57 bits per heavy atom. The van der Waals surface area contributed by atoms with Gasteiger partial charge in [-0.2, -0.15) is 0 Å². The van der Waals surface area contributed by atoms with E-state index in [0.29, 0.717) is 0 Å². The van der Waals surface area contributed by atoms with Gasteiger partial charge in [-0.1, -0.05) is 48.5 Å². The van der Waals surface area contributed by atoms with Gasteiger partial charge in [0.15, 0.2) is 0 Å². The predicted octanol–water partition coefficient (Wildman–Crippen LogP) is 3.07. The van der Waals surface area contributed by atoms with Crippen molar-refractivity contribution in [3.8, 4) is 11.1 Å². The van der Waals surface area contributed by atoms with Gasteiger partial charge in [0.05, 0.1) is 0 Å². The van der Waals surface area contributed by atoms with E-state index in [1.165, 1.54) is 16.0 Å². The summed E-state index contributed by atoms with van der Waals surface area (Å²) in [5.41, 5.74) is 4.62. The number of benzene rings is 2. The molecule has 2 aromatic carbocycles. The molecule has 6 heteroatoms. The van der Waals surface area contributed by atoms with Crippen LogP contribution in [0.1, 0.15) is 29.9 Å². The van der Waals surface area contributed by atoms with Gasteiger partial charge < -0.3 is 15.2 Å². The summed E-state index contributed by atoms with van der Waals surface area (Å²) in [4.78, 5) is 25.4. The zero-order valence-electron chi connectivity index (χ0n) is 15.6. The lowest BCUT2D eigenvalue weighted by Gasteiger charge is -2.33. The normalized spacial score (nSPS) is 16.3. The summed E-state index contributed by atoms with van der Waals surface area (Å²) in [5.74, 6) is -1.05. The second-order valence-corrected chi connectivity index (χ2v) is 7.31. The highest BCUT2D eigenvalue weighted by molar-refractivity contribution is 5.79. The lowest BCUT2D eigenvalue weighted by Crippen LogP contribution is -2.48. The lowest BCUT2D eigenvalue weighted by atomic mass is 9.98. The Morgan fingerprint density at radius 1 is 1.00 bits per heavy atom. The number of carboxylic acids is 1. The molecule has 146 valence electrons. The van der Waals surface area contributed by atoms with Gasteiger partial charge in [-0.05, 0) is 48.2 Å². The minimum absolute atomic E-state index is 0.0314. The van der Waals surface area contributed by atoms with Crippen molar-refractivity contribution in [2.24, 2.45) is 0 Å². The summed E-state index contributed by atoms with van der Waals surface area (Å²) >= 11 is 0. The number of fused-ring (bicyclic) bond motifs is 3. The van der Waals surface area contributed by atoms with Gasteiger partial charge >= 0.3 is 12.1 Å². The monoisotopic (exact) mass is 380 g/mol. The van der Waals surface area contributed by atoms with Crippen molar-refractivity contribution >= 4 is 12.1 Å². The van der Waals surface area contributed by atoms with Crippen LogP contribution in [0.5, 0.6) is 0 Å². The van der Waals surface area contributed by atoms with Crippen LogP contribution >= 0.6 is 0 Å². The third kappa shape index (κ3) is 3.60. The molecule has 2 N–H and O–H groups in total. The molecule has 1 aliphatic heterocycles. The minimum Gasteiger partial charge on any atom is -0.480 e. The second-order valence-electron chi connectivity index (χ2n) is 7.31. The van der Waals surface area contributed by atoms with Crippen molar-refractivity contribution in [1.29, 1.82) is 0 Å². The molecule has 4 rings (SSSR count). The van der Waals surface area contributed by atoms with E-state index in [-0.39, 0.29) is 25.1 Å². The maximum Gasteiger partial charge on any atom is 0.410 e. The van der Waals surface area contributed by atoms with Crippen molar-refractivity contribution in [3.63, 3.8) is 0 Å². The molecule has 1 aliphatic carbocycles. The molecule has 2 aliphatic rings. The largest absolute Gasteiger partial charge is 0.480 e. The number of carbonyl (C=O) groups excluding carboxylic acids is 1. The maximum atomic E-state index is 12.8. The average Bonchev–Trinajstić information content (AvgIpc) is 3.05. The highest BCUT2D eigenvalue weighted by atomic mass is 16.6. The van der Waals surface area contributed by atoms with Crippen LogP contribution in [0, 0.1) is 0 Å². The van der Waals surface area contributed by atoms with Crippen LogP contribution in [0.2, 0.25) is 0 Å². The zero-order valence-corrected chi connectivity index (χ0v) is 15.6. The van der Waals surface area contributed by atoms with Gasteiger partial charge in [-0.25, -0.2) is 4.79 Å². The molecule has 1 heterocycles. The third-order valence-electron chi connectivity index (χ3n) is 5.63. The smallest absolute Gasteiger partial charge is 0.410 e. The van der Waals surface area contributed by atoms with Crippen LogP contribution in [-0.2, 0) is 9.53 Å². The fourth-order valence-corrected chi connectivity index (χ4v) is 4.28. The summed E-state index contributed by atoms with van der Waals surface area (Å²) < 4.78 is 5.66. The highest BCUT2D eigenvalue weighted by Crippen LogP contribution is 2.44. The zero-order chi connectivity index (χ0) is 19.5. The maximum absolute atomic E-state index is 12.8. The van der Waals surface area contributed by atoms with Gasteiger partial charge in [-0.3, -0.25) is 9.69 Å². The first kappa shape index (κ1) is 18.5. The van der Waals surface area contributed by atoms with Crippen LogP contribution < -0.4 is 5.32 Å². The Balaban J connectivity index is 1.51. The van der Waals surface area contributed by atoms with Gasteiger partial charge in [0.1, 0.15) is 13.2 Å². The molecule has 0 unspecified atom stereocenters. The molecule has 6 nitrogen and oxygen atoms in total. The summed E-state index contributed by atoms with van der Waals surface area (Å²) in [5, 5.41) is 12.5. The Labute approximate surface area is 164 Å². The molecule has 28 heavy (non-hydrogen) atoms. The summed E-state index contributed by atoms with van der Waals surface area (Å²) in [6.45, 7) is 1.42. The minimum atomic E-state index is -1.02. The summed E-state index contributed by atoms with van der Waals surface area (Å²) in [7, 11) is 0. The van der Waals surface area contributed by atoms with Crippen LogP contribution in [0.25, 0.3) is 11.1 Å². The molecule has 1 fully saturated rings. The van der Waals surface area contributed by atoms with Crippen LogP contribution in [0.3, 0.4) is 0 Å². The second kappa shape index (κ2) is 8.02. The predicted molar refractivity (Wildman–Crippen MR) is 105 cm³/mol. The van der Waals surface area contributed by atoms with Crippen LogP contribution in [-0.4, -0.2) is 54.4 Å². The number of carbonyl (C=O) groups is 2. The number of amides is 1. The molecular weight excluding hydrogens is 356 g/mol. The number of hydrogen-bond donors (Lipinski definition) is 2. The fourth-order valence-electron chi connectivity index (χ4n) is 4.28. The van der Waals surface area contributed by atoms with Gasteiger partial charge in [0, 0.05) is 12.0 Å². The molecule has 1 amide bonds. The standard InChI is InChI=1S/C22H24N2O4/c25-21(26)13-24(15-9-11-23-12-10-15)22(27)28-14-20-18-7-3-1-5-16(18)17-6-2-4-8-19(17)20/h1-8,15,20,23H,9-14H2,(H,25,26). The molecule has 0 atom stereocenters. The number of piperidine rings is 1. The third-order valence-corrected chi connectivity index (χ3v) is 5.63. The van der Waals surface area contributed by atoms with Gasteiger partial charge in [-0.15, -0.1) is 0 Å². The fraction of sp³-hybridized carbons (Fsp3) is 0.364. The van der Waals surface area contributed by atoms with Crippen molar-refractivity contribution < 1.29 is 19.4 Å². The van der Waals surface area contributed by atoms with Crippen LogP contribution in [0.15, 0.2) is 48.5 Å². The molecule has 0 saturated carbocycles. The number of ether oxygens (including phenoxy) is 1. The van der Waals surface area contributed by atoms with Crippen molar-refractivity contribution in [1.82, 2.24) is 10.2 Å². The van der Waals surface area contributed by atoms with Crippen LogP contribution in [0.4, 0.5) is 4.79 Å². The Bertz CT molecular complexity index is 831. The van der Waals surface area contributed by atoms with E-state index in [1.807, 2.05) is 24.3 Å². The van der Waals surface area contributed by atoms with E-state index in [2.05, 4.69) is 29.6 Å². The molecule has 0 bridgehead atoms. The first-order valence-electron chi connectivity index (χ1n) is 9.69. The topological polar surface area (TPSA) is 78.9 Å². The van der Waals surface area contributed by atoms with Crippen molar-refractivity contribution in [2.75, 3.05) is 26.2 Å². The first-order valence-corrected chi connectivity index (χ1v) is 9.69. The number of aliphatic carboxylic acids is 1. The quantitative estimate of drug-likeness (QED) is 0.833. The Kier molecular flexibility index (Phi) is 5.30. The molecular formula is C22H24N2O4. The molecule has 2 aromatic rings. The lowest BCUT2D eigenvalue weighted by molar-refractivity contribution is -0.138. The average molecular weight is 380 g/mol. The molecule has 0 aromatic heterocycles. The van der Waals surface area contributed by atoms with E-state index in [4.69, 9.17) is 4.74 Å². The SMILES string of the molecule is O=C(O)CN(C(=O)OCC1c2ccccc2-c2ccccc21)C1CCNCC1. The Morgan fingerprint density at radius 3 is 2.14 bits per heavy atom. The number of carboxylic acid groups (broad SMARTS) is 1. The molecule has 0 spiro atoms. The summed E-state index contributed by atoms with van der Waals surface area (Å²) in [6.07, 6.45) is 0.922. The summed E-state index contributed by atoms with van der Waals surface area (Å²) in [6, 6.07) is 16.2. The van der Waals surface area contributed by atoms with E-state index in [9.17, 15) is 14.7 Å². The van der Waals surface area contributed by atoms with Crippen molar-refractivity contribution in [2.45, 2.75) is 24.8 Å². The Hall–Kier alpha value is -2.86. The van der Waals surface area contributed by atoms with Gasteiger partial charge in [0.2, 0.25) is 0 Å². The molecule has 0 radical (unpaired) electrons. The molecule has 1 saturated heterocycles. The van der Waals surface area contributed by atoms with E-state index >= 15 is 0 Å². The number of rotatable bonds is 5. The van der Waals surface area contributed by atoms with E-state index in [0.717, 1.165) is 37.1 Å². The number of nitrogens with zero attached hydrogens (tertiary/aromatic N) is 1. The highest BCUT2D eigenvalue weighted by Gasteiger charge is 2.32. The first-order chi connectivity index (χ1) is 13.6. The van der Waals surface area contributed by atoms with E-state index < -0.39 is 12.1 Å². The number of hydrogen-bond acceptors (Lipinski definition) is 4. The van der Waals surface area contributed by atoms with E-state index in [1.54, 1.807) is 0 Å². The number of nitrogens with one attached hydrogen (secondary N) is 1. The van der Waals surface area contributed by atoms with Crippen molar-refractivity contribution in [3.05, 3.63) is 59.7 Å².